The second-order valence-corrected chi connectivity index (χ2v) is 7.89. The smallest absolute Gasteiger partial charge is 0.0122 e. The average Bonchev–Trinajstić information content (AvgIpc) is 2.00. The van der Waals surface area contributed by atoms with E-state index >= 15 is 0 Å². The topological polar surface area (TPSA) is 0 Å². The molecule has 0 bridgehead atoms. The van der Waals surface area contributed by atoms with Gasteiger partial charge in [-0.25, -0.2) is 0 Å². The van der Waals surface area contributed by atoms with E-state index in [9.17, 15) is 0 Å². The van der Waals surface area contributed by atoms with Crippen molar-refractivity contribution < 1.29 is 0 Å². The van der Waals surface area contributed by atoms with Crippen molar-refractivity contribution in [1.82, 2.24) is 0 Å². The molecule has 0 saturated carbocycles. The third-order valence-corrected chi connectivity index (χ3v) is 3.26. The molecule has 0 aromatic heterocycles. The Morgan fingerprint density at radius 3 is 1.60 bits per heavy atom. The molecular weight excluding hydrogens is 200 g/mol. The molecule has 1 rings (SSSR count). The Morgan fingerprint density at radius 2 is 1.27 bits per heavy atom. The quantitative estimate of drug-likeness (QED) is 0.611. The third-order valence-electron chi connectivity index (χ3n) is 2.14. The Kier molecular flexibility index (Phi) is 3.55. The zero-order chi connectivity index (χ0) is 11.7. The molecular formula is C14H22S. The SMILES string of the molecule is CC(C)(C)Sc1ccc(C(C)(C)C)cc1. The van der Waals surface area contributed by atoms with Crippen molar-refractivity contribution in [2.24, 2.45) is 0 Å². The zero-order valence-electron chi connectivity index (χ0n) is 10.7. The van der Waals surface area contributed by atoms with Gasteiger partial charge in [-0.2, -0.15) is 0 Å². The van der Waals surface area contributed by atoms with Crippen molar-refractivity contribution in [3.8, 4) is 0 Å². The molecule has 0 aliphatic rings. The molecule has 0 spiro atoms. The zero-order valence-corrected chi connectivity index (χ0v) is 11.5. The van der Waals surface area contributed by atoms with Crippen LogP contribution in [0.3, 0.4) is 0 Å². The van der Waals surface area contributed by atoms with E-state index in [1.807, 2.05) is 11.8 Å². The van der Waals surface area contributed by atoms with Crippen LogP contribution in [-0.2, 0) is 5.41 Å². The molecule has 84 valence electrons. The first-order chi connectivity index (χ1) is 6.68. The lowest BCUT2D eigenvalue weighted by atomic mass is 9.87. The molecule has 0 radical (unpaired) electrons. The van der Waals surface area contributed by atoms with Gasteiger partial charge in [-0.1, -0.05) is 53.7 Å². The lowest BCUT2D eigenvalue weighted by molar-refractivity contribution is 0.589. The van der Waals surface area contributed by atoms with Crippen LogP contribution in [0.2, 0.25) is 0 Å². The molecule has 0 N–H and O–H groups in total. The van der Waals surface area contributed by atoms with E-state index in [-0.39, 0.29) is 5.41 Å². The second kappa shape index (κ2) is 4.21. The summed E-state index contributed by atoms with van der Waals surface area (Å²) in [7, 11) is 0. The molecule has 0 atom stereocenters. The van der Waals surface area contributed by atoms with Gasteiger partial charge >= 0.3 is 0 Å². The molecule has 0 unspecified atom stereocenters. The molecule has 0 aliphatic heterocycles. The van der Waals surface area contributed by atoms with Crippen LogP contribution in [-0.4, -0.2) is 4.75 Å². The van der Waals surface area contributed by atoms with Crippen molar-refractivity contribution in [2.45, 2.75) is 56.6 Å². The summed E-state index contributed by atoms with van der Waals surface area (Å²) in [6.07, 6.45) is 0. The first-order valence-electron chi connectivity index (χ1n) is 5.48. The monoisotopic (exact) mass is 222 g/mol. The van der Waals surface area contributed by atoms with Crippen LogP contribution >= 0.6 is 11.8 Å². The van der Waals surface area contributed by atoms with Gasteiger partial charge in [0.1, 0.15) is 0 Å². The van der Waals surface area contributed by atoms with E-state index in [2.05, 4.69) is 65.8 Å². The molecule has 0 amide bonds. The first kappa shape index (κ1) is 12.6. The van der Waals surface area contributed by atoms with Crippen LogP contribution < -0.4 is 0 Å². The molecule has 0 saturated heterocycles. The van der Waals surface area contributed by atoms with Crippen molar-refractivity contribution in [2.75, 3.05) is 0 Å². The molecule has 15 heavy (non-hydrogen) atoms. The molecule has 1 heteroatoms. The largest absolute Gasteiger partial charge is 0.120 e. The molecule has 0 fully saturated rings. The van der Waals surface area contributed by atoms with Gasteiger partial charge in [-0.15, -0.1) is 11.8 Å². The highest BCUT2D eigenvalue weighted by Gasteiger charge is 2.15. The minimum Gasteiger partial charge on any atom is -0.120 e. The van der Waals surface area contributed by atoms with Gasteiger partial charge in [-0.3, -0.25) is 0 Å². The van der Waals surface area contributed by atoms with E-state index in [0.717, 1.165) is 0 Å². The highest BCUT2D eigenvalue weighted by molar-refractivity contribution is 8.00. The van der Waals surface area contributed by atoms with Gasteiger partial charge in [0.05, 0.1) is 0 Å². The standard InChI is InChI=1S/C14H22S/c1-13(2,3)11-7-9-12(10-8-11)15-14(4,5)6/h7-10H,1-6H3. The van der Waals surface area contributed by atoms with Crippen molar-refractivity contribution in [1.29, 1.82) is 0 Å². The maximum absolute atomic E-state index is 2.25. The number of rotatable bonds is 1. The number of thioether (sulfide) groups is 1. The van der Waals surface area contributed by atoms with Crippen LogP contribution in [0, 0.1) is 0 Å². The minimum atomic E-state index is 0.255. The van der Waals surface area contributed by atoms with Gasteiger partial charge in [0.15, 0.2) is 0 Å². The summed E-state index contributed by atoms with van der Waals surface area (Å²) in [5.41, 5.74) is 1.66. The Labute approximate surface area is 98.5 Å². The lowest BCUT2D eigenvalue weighted by Crippen LogP contribution is -2.11. The molecule has 0 heterocycles. The Hall–Kier alpha value is -0.430. The van der Waals surface area contributed by atoms with Crippen LogP contribution in [0.15, 0.2) is 29.2 Å². The third kappa shape index (κ3) is 4.29. The van der Waals surface area contributed by atoms with Crippen LogP contribution in [0.25, 0.3) is 0 Å². The summed E-state index contributed by atoms with van der Waals surface area (Å²) >= 11 is 1.92. The van der Waals surface area contributed by atoms with Gasteiger partial charge in [0.25, 0.3) is 0 Å². The Bertz CT molecular complexity index is 309. The van der Waals surface area contributed by atoms with Gasteiger partial charge in [-0.05, 0) is 23.1 Å². The van der Waals surface area contributed by atoms with Crippen LogP contribution in [0.4, 0.5) is 0 Å². The highest BCUT2D eigenvalue weighted by Crippen LogP contribution is 2.33. The van der Waals surface area contributed by atoms with E-state index in [4.69, 9.17) is 0 Å². The van der Waals surface area contributed by atoms with Crippen molar-refractivity contribution in [3.63, 3.8) is 0 Å². The number of hydrogen-bond acceptors (Lipinski definition) is 1. The normalized spacial score (nSPS) is 12.9. The predicted molar refractivity (Wildman–Crippen MR) is 70.8 cm³/mol. The summed E-state index contributed by atoms with van der Waals surface area (Å²) < 4.78 is 0.295. The predicted octanol–water partition coefficient (Wildman–Crippen LogP) is 4.87. The molecule has 1 aromatic rings. The fourth-order valence-corrected chi connectivity index (χ4v) is 2.36. The first-order valence-corrected chi connectivity index (χ1v) is 6.30. The van der Waals surface area contributed by atoms with Crippen molar-refractivity contribution >= 4 is 11.8 Å². The molecule has 0 nitrogen and oxygen atoms in total. The van der Waals surface area contributed by atoms with Crippen LogP contribution in [0.5, 0.6) is 0 Å². The molecule has 1 aromatic carbocycles. The average molecular weight is 222 g/mol. The summed E-state index contributed by atoms with van der Waals surface area (Å²) in [4.78, 5) is 1.36. The number of benzene rings is 1. The molecule has 0 aliphatic carbocycles. The maximum Gasteiger partial charge on any atom is 0.0122 e. The lowest BCUT2D eigenvalue weighted by Gasteiger charge is -2.21. The fraction of sp³-hybridized carbons (Fsp3) is 0.571. The summed E-state index contributed by atoms with van der Waals surface area (Å²) in [5.74, 6) is 0. The maximum atomic E-state index is 2.25. The second-order valence-electron chi connectivity index (χ2n) is 5.99. The van der Waals surface area contributed by atoms with Crippen molar-refractivity contribution in [3.05, 3.63) is 29.8 Å². The Morgan fingerprint density at radius 1 is 0.800 bits per heavy atom. The van der Waals surface area contributed by atoms with E-state index in [1.165, 1.54) is 10.5 Å². The summed E-state index contributed by atoms with van der Waals surface area (Å²) in [5, 5.41) is 0. The van der Waals surface area contributed by atoms with Gasteiger partial charge in [0, 0.05) is 9.64 Å². The van der Waals surface area contributed by atoms with E-state index < -0.39 is 0 Å². The summed E-state index contributed by atoms with van der Waals surface area (Å²) in [6.45, 7) is 13.5. The van der Waals surface area contributed by atoms with E-state index in [1.54, 1.807) is 0 Å². The Balaban J connectivity index is 2.82. The van der Waals surface area contributed by atoms with Gasteiger partial charge < -0.3 is 0 Å². The van der Waals surface area contributed by atoms with Gasteiger partial charge in [0.2, 0.25) is 0 Å². The highest BCUT2D eigenvalue weighted by atomic mass is 32.2. The van der Waals surface area contributed by atoms with E-state index in [0.29, 0.717) is 4.75 Å². The van der Waals surface area contributed by atoms with Crippen LogP contribution in [0.1, 0.15) is 47.1 Å². The fourth-order valence-electron chi connectivity index (χ4n) is 1.38. The summed E-state index contributed by atoms with van der Waals surface area (Å²) in [6, 6.07) is 8.95. The number of hydrogen-bond donors (Lipinski definition) is 0. The minimum absolute atomic E-state index is 0.255.